The third kappa shape index (κ3) is 3.16. The highest BCUT2D eigenvalue weighted by molar-refractivity contribution is 8.11. The van der Waals surface area contributed by atoms with Crippen molar-refractivity contribution in [2.45, 2.75) is 15.6 Å². The van der Waals surface area contributed by atoms with Gasteiger partial charge in [0.15, 0.2) is 0 Å². The Morgan fingerprint density at radius 3 is 1.25 bits per heavy atom. The molecule has 20 heavy (non-hydrogen) atoms. The van der Waals surface area contributed by atoms with Gasteiger partial charge in [0.25, 0.3) is 30.2 Å². The predicted molar refractivity (Wildman–Crippen MR) is 52.4 cm³/mol. The highest BCUT2D eigenvalue weighted by Gasteiger charge is 2.66. The Kier molecular flexibility index (Phi) is 4.79. The molecule has 14 heteroatoms. The fourth-order valence-electron chi connectivity index (χ4n) is 0.886. The molecule has 0 spiro atoms. The van der Waals surface area contributed by atoms with E-state index in [2.05, 4.69) is 0 Å². The first-order valence-corrected chi connectivity index (χ1v) is 7.38. The van der Waals surface area contributed by atoms with Gasteiger partial charge < -0.3 is 4.90 Å². The van der Waals surface area contributed by atoms with E-state index >= 15 is 0 Å². The molecule has 6 nitrogen and oxygen atoms in total. The molecule has 0 aliphatic rings. The summed E-state index contributed by atoms with van der Waals surface area (Å²) in [5.41, 5.74) is -12.7. The molecule has 0 radical (unpaired) electrons. The molecule has 0 N–H and O–H groups in total. The molecule has 0 heterocycles. The molecular weight excluding hydrogens is 344 g/mol. The van der Waals surface area contributed by atoms with Crippen molar-refractivity contribution in [1.82, 2.24) is 4.90 Å². The minimum atomic E-state index is -6.92. The van der Waals surface area contributed by atoms with Gasteiger partial charge in [-0.25, -0.2) is 16.8 Å². The van der Waals surface area contributed by atoms with Gasteiger partial charge in [-0.1, -0.05) is 0 Å². The zero-order valence-corrected chi connectivity index (χ0v) is 11.3. The summed E-state index contributed by atoms with van der Waals surface area (Å²) in [6.45, 7) is 0. The summed E-state index contributed by atoms with van der Waals surface area (Å²) >= 11 is 0. The summed E-state index contributed by atoms with van der Waals surface area (Å²) in [7, 11) is -12.6. The highest BCUT2D eigenvalue weighted by atomic mass is 32.3. The van der Waals surface area contributed by atoms with Gasteiger partial charge in [0.1, 0.15) is 0 Å². The minimum Gasteiger partial charge on any atom is -0.347 e. The van der Waals surface area contributed by atoms with Crippen LogP contribution in [0.5, 0.6) is 0 Å². The number of hydrogen-bond acceptors (Lipinski definition) is 5. The molecule has 120 valence electrons. The lowest BCUT2D eigenvalue weighted by atomic mass is 10.6. The van der Waals surface area contributed by atoms with Crippen LogP contribution in [0.1, 0.15) is 0 Å². The van der Waals surface area contributed by atoms with Crippen molar-refractivity contribution in [3.63, 3.8) is 0 Å². The zero-order valence-electron chi connectivity index (χ0n) is 9.65. The second-order valence-electron chi connectivity index (χ2n) is 3.55. The van der Waals surface area contributed by atoms with Gasteiger partial charge in [-0.05, 0) is 0 Å². The van der Waals surface area contributed by atoms with Crippen LogP contribution in [-0.4, -0.2) is 57.3 Å². The van der Waals surface area contributed by atoms with Crippen LogP contribution < -0.4 is 0 Å². The molecule has 0 aromatic rings. The lowest BCUT2D eigenvalue weighted by molar-refractivity contribution is -0.127. The topological polar surface area (TPSA) is 88.6 Å². The van der Waals surface area contributed by atoms with Crippen molar-refractivity contribution >= 4 is 25.6 Å². The molecule has 0 aromatic carbocycles. The van der Waals surface area contributed by atoms with Crippen molar-refractivity contribution in [3.8, 4) is 0 Å². The Balaban J connectivity index is 6.42. The zero-order chi connectivity index (χ0) is 16.7. The Labute approximate surface area is 109 Å². The molecule has 0 fully saturated rings. The molecule has 0 bridgehead atoms. The SMILES string of the molecule is CN(C)C(=O)C(S(=O)(=O)C(F)(F)F)S(=O)(=O)C(F)(F)F. The van der Waals surface area contributed by atoms with Crippen molar-refractivity contribution in [3.05, 3.63) is 0 Å². The maximum Gasteiger partial charge on any atom is 0.499 e. The number of halogens is 6. The first kappa shape index (κ1) is 18.9. The number of amides is 1. The van der Waals surface area contributed by atoms with Crippen molar-refractivity contribution in [1.29, 1.82) is 0 Å². The summed E-state index contributed by atoms with van der Waals surface area (Å²) in [4.78, 5) is 11.2. The monoisotopic (exact) mass is 351 g/mol. The van der Waals surface area contributed by atoms with E-state index in [0.29, 0.717) is 14.1 Å². The molecular formula is C6H7F6NO5S2. The van der Waals surface area contributed by atoms with Crippen LogP contribution in [0, 0.1) is 0 Å². The maximum absolute atomic E-state index is 12.2. The quantitative estimate of drug-likeness (QED) is 0.681. The van der Waals surface area contributed by atoms with E-state index < -0.39 is 41.2 Å². The number of sulfone groups is 2. The smallest absolute Gasteiger partial charge is 0.347 e. The van der Waals surface area contributed by atoms with Gasteiger partial charge in [0, 0.05) is 14.1 Å². The average molecular weight is 351 g/mol. The molecule has 0 saturated heterocycles. The fraction of sp³-hybridized carbons (Fsp3) is 0.833. The molecule has 0 aliphatic carbocycles. The molecule has 0 atom stereocenters. The van der Waals surface area contributed by atoms with E-state index in [9.17, 15) is 48.0 Å². The lowest BCUT2D eigenvalue weighted by Gasteiger charge is -2.22. The summed E-state index contributed by atoms with van der Waals surface area (Å²) in [5.74, 6) is -2.38. The molecule has 0 aromatic heterocycles. The number of carbonyl (C=O) groups excluding carboxylic acids is 1. The van der Waals surface area contributed by atoms with Crippen LogP contribution >= 0.6 is 0 Å². The minimum absolute atomic E-state index is 0.00273. The van der Waals surface area contributed by atoms with Crippen LogP contribution in [0.2, 0.25) is 0 Å². The number of carbonyl (C=O) groups is 1. The Hall–Kier alpha value is -1.05. The van der Waals surface area contributed by atoms with Gasteiger partial charge >= 0.3 is 11.0 Å². The molecule has 0 unspecified atom stereocenters. The highest BCUT2D eigenvalue weighted by Crippen LogP contribution is 2.36. The third-order valence-electron chi connectivity index (χ3n) is 1.85. The van der Waals surface area contributed by atoms with Crippen LogP contribution in [0.3, 0.4) is 0 Å². The van der Waals surface area contributed by atoms with E-state index in [1.807, 2.05) is 0 Å². The Morgan fingerprint density at radius 2 is 1.10 bits per heavy atom. The van der Waals surface area contributed by atoms with Gasteiger partial charge in [-0.2, -0.15) is 26.3 Å². The van der Waals surface area contributed by atoms with Crippen molar-refractivity contribution in [2.75, 3.05) is 14.1 Å². The number of alkyl halides is 6. The van der Waals surface area contributed by atoms with Gasteiger partial charge in [-0.15, -0.1) is 0 Å². The maximum atomic E-state index is 12.2. The number of nitrogens with zero attached hydrogens (tertiary/aromatic N) is 1. The second-order valence-corrected chi connectivity index (χ2v) is 7.89. The largest absolute Gasteiger partial charge is 0.499 e. The Morgan fingerprint density at radius 1 is 0.850 bits per heavy atom. The van der Waals surface area contributed by atoms with Gasteiger partial charge in [0.2, 0.25) is 0 Å². The summed E-state index contributed by atoms with van der Waals surface area (Å²) < 4.78 is 113. The molecule has 0 saturated carbocycles. The van der Waals surface area contributed by atoms with E-state index in [1.165, 1.54) is 0 Å². The fourth-order valence-corrected chi connectivity index (χ4v) is 4.31. The second kappa shape index (κ2) is 5.05. The number of rotatable bonds is 3. The molecule has 1 amide bonds. The normalized spacial score (nSPS) is 14.4. The molecule has 0 aliphatic heterocycles. The van der Waals surface area contributed by atoms with Crippen LogP contribution in [0.15, 0.2) is 0 Å². The predicted octanol–water partition coefficient (Wildman–Crippen LogP) is 0.270. The van der Waals surface area contributed by atoms with E-state index in [4.69, 9.17) is 0 Å². The van der Waals surface area contributed by atoms with E-state index in [-0.39, 0.29) is 4.90 Å². The average Bonchev–Trinajstić information content (AvgIpc) is 2.12. The third-order valence-corrected chi connectivity index (χ3v) is 6.19. The van der Waals surface area contributed by atoms with Crippen LogP contribution in [0.25, 0.3) is 0 Å². The van der Waals surface area contributed by atoms with Gasteiger partial charge in [-0.3, -0.25) is 4.79 Å². The first-order valence-electron chi connectivity index (χ1n) is 4.29. The summed E-state index contributed by atoms with van der Waals surface area (Å²) in [6, 6.07) is 0. The van der Waals surface area contributed by atoms with E-state index in [1.54, 1.807) is 0 Å². The number of hydrogen-bond donors (Lipinski definition) is 0. The Bertz CT molecular complexity index is 542. The van der Waals surface area contributed by atoms with Crippen molar-refractivity contribution in [2.24, 2.45) is 0 Å². The molecule has 0 rings (SSSR count). The van der Waals surface area contributed by atoms with E-state index in [0.717, 1.165) is 0 Å². The standard InChI is InChI=1S/C6H7F6NO5S2/c1-13(2)3(14)4(19(15,16)5(7,8)9)20(17,18)6(10,11)12/h4H,1-2H3. The van der Waals surface area contributed by atoms with Crippen LogP contribution in [0.4, 0.5) is 26.3 Å². The summed E-state index contributed by atoms with van der Waals surface area (Å²) in [6.07, 6.45) is 0. The summed E-state index contributed by atoms with van der Waals surface area (Å²) in [5, 5.41) is 0. The first-order chi connectivity index (χ1) is 8.48. The van der Waals surface area contributed by atoms with Crippen LogP contribution in [-0.2, 0) is 24.5 Å². The lowest BCUT2D eigenvalue weighted by Crippen LogP contribution is -2.52. The van der Waals surface area contributed by atoms with Gasteiger partial charge in [0.05, 0.1) is 0 Å². The van der Waals surface area contributed by atoms with Crippen molar-refractivity contribution < 1.29 is 48.0 Å².